The second-order valence-corrected chi connectivity index (χ2v) is 9.74. The SMILES string of the molecule is CC(C)(C)OC(=O)N[C@H](Cc1ccc(-c2ccc(C(F)(F)F)cc2)cc1)C(=O)Nc1ccc(OC(F)(F)F)cc1. The number of alkyl carbamates (subject to hydrolysis) is 1. The van der Waals surface area contributed by atoms with E-state index in [-0.39, 0.29) is 12.1 Å². The molecule has 0 aliphatic carbocycles. The maximum atomic E-state index is 13.0. The molecule has 0 bridgehead atoms. The summed E-state index contributed by atoms with van der Waals surface area (Å²) in [6, 6.07) is 14.7. The molecule has 0 unspecified atom stereocenters. The number of halogens is 6. The van der Waals surface area contributed by atoms with Crippen LogP contribution >= 0.6 is 0 Å². The molecule has 1 atom stereocenters. The third kappa shape index (κ3) is 9.51. The van der Waals surface area contributed by atoms with Crippen molar-refractivity contribution in [2.45, 2.75) is 51.4 Å². The van der Waals surface area contributed by atoms with Gasteiger partial charge in [0.1, 0.15) is 17.4 Å². The first-order chi connectivity index (χ1) is 18.5. The first-order valence-corrected chi connectivity index (χ1v) is 11.9. The second kappa shape index (κ2) is 11.9. The third-order valence-corrected chi connectivity index (χ3v) is 5.30. The topological polar surface area (TPSA) is 76.7 Å². The number of carbonyl (C=O) groups is 2. The molecule has 3 aromatic rings. The van der Waals surface area contributed by atoms with Gasteiger partial charge in [-0.1, -0.05) is 36.4 Å². The Balaban J connectivity index is 1.75. The summed E-state index contributed by atoms with van der Waals surface area (Å²) in [7, 11) is 0. The van der Waals surface area contributed by atoms with Crippen molar-refractivity contribution in [3.05, 3.63) is 83.9 Å². The van der Waals surface area contributed by atoms with Gasteiger partial charge in [0.15, 0.2) is 0 Å². The van der Waals surface area contributed by atoms with Gasteiger partial charge in [-0.25, -0.2) is 4.79 Å². The minimum atomic E-state index is -4.87. The molecule has 3 rings (SSSR count). The van der Waals surface area contributed by atoms with Gasteiger partial charge in [-0.05, 0) is 73.9 Å². The van der Waals surface area contributed by atoms with Crippen LogP contribution < -0.4 is 15.4 Å². The highest BCUT2D eigenvalue weighted by Gasteiger charge is 2.31. The Morgan fingerprint density at radius 2 is 1.30 bits per heavy atom. The van der Waals surface area contributed by atoms with E-state index in [4.69, 9.17) is 4.74 Å². The number of carbonyl (C=O) groups excluding carboxylic acids is 2. The minimum absolute atomic E-state index is 0.00758. The molecule has 0 heterocycles. The summed E-state index contributed by atoms with van der Waals surface area (Å²) in [5.74, 6) is -1.13. The molecule has 2 amide bonds. The summed E-state index contributed by atoms with van der Waals surface area (Å²) in [4.78, 5) is 25.5. The van der Waals surface area contributed by atoms with Crippen LogP contribution in [-0.4, -0.2) is 30.0 Å². The highest BCUT2D eigenvalue weighted by molar-refractivity contribution is 5.96. The number of nitrogens with one attached hydrogen (secondary N) is 2. The van der Waals surface area contributed by atoms with Gasteiger partial charge in [0.05, 0.1) is 5.56 Å². The highest BCUT2D eigenvalue weighted by atomic mass is 19.4. The molecule has 0 aromatic heterocycles. The zero-order valence-corrected chi connectivity index (χ0v) is 21.6. The normalized spacial score (nSPS) is 12.8. The summed E-state index contributed by atoms with van der Waals surface area (Å²) in [6.07, 6.45) is -10.2. The van der Waals surface area contributed by atoms with Gasteiger partial charge in [-0.3, -0.25) is 4.79 Å². The van der Waals surface area contributed by atoms with Crippen molar-refractivity contribution < 1.29 is 45.4 Å². The molecular weight excluding hydrogens is 542 g/mol. The van der Waals surface area contributed by atoms with Crippen LogP contribution in [0, 0.1) is 0 Å². The Labute approximate surface area is 226 Å². The van der Waals surface area contributed by atoms with Crippen molar-refractivity contribution in [1.29, 1.82) is 0 Å². The fourth-order valence-corrected chi connectivity index (χ4v) is 3.55. The maximum absolute atomic E-state index is 13.0. The summed E-state index contributed by atoms with van der Waals surface area (Å²) in [5.41, 5.74) is 0.354. The van der Waals surface area contributed by atoms with Crippen LogP contribution in [0.2, 0.25) is 0 Å². The van der Waals surface area contributed by atoms with Gasteiger partial charge >= 0.3 is 18.6 Å². The van der Waals surface area contributed by atoms with E-state index in [1.807, 2.05) is 0 Å². The second-order valence-electron chi connectivity index (χ2n) is 9.74. The number of benzene rings is 3. The van der Waals surface area contributed by atoms with E-state index < -0.39 is 47.5 Å². The number of hydrogen-bond donors (Lipinski definition) is 2. The molecular formula is C28H26F6N2O4. The predicted octanol–water partition coefficient (Wildman–Crippen LogP) is 7.35. The van der Waals surface area contributed by atoms with E-state index in [1.54, 1.807) is 45.0 Å². The lowest BCUT2D eigenvalue weighted by atomic mass is 9.99. The van der Waals surface area contributed by atoms with Gasteiger partial charge in [-0.15, -0.1) is 13.2 Å². The van der Waals surface area contributed by atoms with Crippen molar-refractivity contribution in [2.24, 2.45) is 0 Å². The Morgan fingerprint density at radius 1 is 0.775 bits per heavy atom. The number of amides is 2. The van der Waals surface area contributed by atoms with Crippen LogP contribution in [0.15, 0.2) is 72.8 Å². The Kier molecular flexibility index (Phi) is 9.01. The van der Waals surface area contributed by atoms with Crippen LogP contribution in [0.1, 0.15) is 31.9 Å². The van der Waals surface area contributed by atoms with Crippen molar-refractivity contribution in [2.75, 3.05) is 5.32 Å². The Bertz CT molecular complexity index is 1300. The van der Waals surface area contributed by atoms with Crippen molar-refractivity contribution in [3.63, 3.8) is 0 Å². The fourth-order valence-electron chi connectivity index (χ4n) is 3.55. The van der Waals surface area contributed by atoms with Crippen LogP contribution in [0.5, 0.6) is 5.75 Å². The minimum Gasteiger partial charge on any atom is -0.444 e. The zero-order valence-electron chi connectivity index (χ0n) is 21.6. The first kappa shape index (κ1) is 30.3. The molecule has 2 N–H and O–H groups in total. The van der Waals surface area contributed by atoms with E-state index in [2.05, 4.69) is 15.4 Å². The van der Waals surface area contributed by atoms with Crippen molar-refractivity contribution in [3.8, 4) is 16.9 Å². The van der Waals surface area contributed by atoms with Gasteiger partial charge in [0.25, 0.3) is 0 Å². The van der Waals surface area contributed by atoms with Gasteiger partial charge in [0.2, 0.25) is 5.91 Å². The molecule has 0 radical (unpaired) electrons. The standard InChI is InChI=1S/C28H26F6N2O4/c1-26(2,3)40-25(38)36-23(24(37)35-21-12-14-22(15-13-21)39-28(32,33)34)16-17-4-6-18(7-5-17)19-8-10-20(11-9-19)27(29,30)31/h4-15,23H,16H2,1-3H3,(H,35,37)(H,36,38)/t23-/m1/s1. The third-order valence-electron chi connectivity index (χ3n) is 5.30. The number of rotatable bonds is 7. The first-order valence-electron chi connectivity index (χ1n) is 11.9. The van der Waals surface area contributed by atoms with Gasteiger partial charge in [-0.2, -0.15) is 13.2 Å². The molecule has 6 nitrogen and oxygen atoms in total. The lowest BCUT2D eigenvalue weighted by Crippen LogP contribution is -2.47. The van der Waals surface area contributed by atoms with Crippen LogP contribution in [0.25, 0.3) is 11.1 Å². The Hall–Kier alpha value is -4.22. The molecule has 3 aromatic carbocycles. The van der Waals surface area contributed by atoms with E-state index in [0.717, 1.165) is 24.3 Å². The van der Waals surface area contributed by atoms with E-state index >= 15 is 0 Å². The van der Waals surface area contributed by atoms with Gasteiger partial charge < -0.3 is 20.1 Å². The number of anilines is 1. The lowest BCUT2D eigenvalue weighted by Gasteiger charge is -2.23. The van der Waals surface area contributed by atoms with Crippen molar-refractivity contribution in [1.82, 2.24) is 5.32 Å². The number of ether oxygens (including phenoxy) is 2. The average molecular weight is 569 g/mol. The Morgan fingerprint density at radius 3 is 1.77 bits per heavy atom. The molecule has 0 aliphatic rings. The zero-order chi connectivity index (χ0) is 29.7. The molecule has 0 aliphatic heterocycles. The summed E-state index contributed by atoms with van der Waals surface area (Å²) in [6.45, 7) is 4.94. The maximum Gasteiger partial charge on any atom is 0.573 e. The van der Waals surface area contributed by atoms with Crippen molar-refractivity contribution >= 4 is 17.7 Å². The quantitative estimate of drug-likeness (QED) is 0.293. The smallest absolute Gasteiger partial charge is 0.444 e. The number of hydrogen-bond acceptors (Lipinski definition) is 4. The predicted molar refractivity (Wildman–Crippen MR) is 135 cm³/mol. The van der Waals surface area contributed by atoms with Crippen LogP contribution in [-0.2, 0) is 22.1 Å². The van der Waals surface area contributed by atoms with Crippen LogP contribution in [0.3, 0.4) is 0 Å². The molecule has 214 valence electrons. The molecule has 0 saturated heterocycles. The molecule has 0 fully saturated rings. The van der Waals surface area contributed by atoms with E-state index in [0.29, 0.717) is 16.7 Å². The average Bonchev–Trinajstić information content (AvgIpc) is 2.83. The molecule has 12 heteroatoms. The van der Waals surface area contributed by atoms with Gasteiger partial charge in [0, 0.05) is 12.1 Å². The van der Waals surface area contributed by atoms with Crippen LogP contribution in [0.4, 0.5) is 36.8 Å². The summed E-state index contributed by atoms with van der Waals surface area (Å²) in [5, 5.41) is 5.04. The van der Waals surface area contributed by atoms with E-state index in [9.17, 15) is 35.9 Å². The molecule has 40 heavy (non-hydrogen) atoms. The number of alkyl halides is 6. The molecule has 0 spiro atoms. The monoisotopic (exact) mass is 568 g/mol. The fraction of sp³-hybridized carbons (Fsp3) is 0.286. The summed E-state index contributed by atoms with van der Waals surface area (Å²) < 4.78 is 84.8. The lowest BCUT2D eigenvalue weighted by molar-refractivity contribution is -0.274. The molecule has 0 saturated carbocycles. The largest absolute Gasteiger partial charge is 0.573 e. The highest BCUT2D eigenvalue weighted by Crippen LogP contribution is 2.31. The van der Waals surface area contributed by atoms with E-state index in [1.165, 1.54) is 24.3 Å². The summed E-state index contributed by atoms with van der Waals surface area (Å²) >= 11 is 0.